The van der Waals surface area contributed by atoms with E-state index < -0.39 is 5.41 Å². The zero-order valence-electron chi connectivity index (χ0n) is 17.3. The third-order valence-electron chi connectivity index (χ3n) is 7.71. The van der Waals surface area contributed by atoms with Gasteiger partial charge in [-0.2, -0.15) is 5.26 Å². The zero-order chi connectivity index (χ0) is 19.7. The van der Waals surface area contributed by atoms with Gasteiger partial charge in [0.2, 0.25) is 5.91 Å². The van der Waals surface area contributed by atoms with Crippen LogP contribution >= 0.6 is 0 Å². The molecular formula is C24H33N3O. The Morgan fingerprint density at radius 1 is 1.18 bits per heavy atom. The van der Waals surface area contributed by atoms with Crippen LogP contribution in [0.4, 0.5) is 0 Å². The van der Waals surface area contributed by atoms with E-state index in [0.29, 0.717) is 5.92 Å². The molecule has 1 spiro atoms. The fourth-order valence-electron chi connectivity index (χ4n) is 6.09. The highest BCUT2D eigenvalue weighted by atomic mass is 16.2. The van der Waals surface area contributed by atoms with Crippen LogP contribution in [0.3, 0.4) is 0 Å². The highest BCUT2D eigenvalue weighted by molar-refractivity contribution is 5.91. The van der Waals surface area contributed by atoms with Crippen molar-refractivity contribution in [1.82, 2.24) is 10.2 Å². The normalized spacial score (nSPS) is 29.6. The highest BCUT2D eigenvalue weighted by Gasteiger charge is 2.52. The van der Waals surface area contributed by atoms with Crippen molar-refractivity contribution in [1.29, 1.82) is 5.26 Å². The van der Waals surface area contributed by atoms with Crippen molar-refractivity contribution in [2.75, 3.05) is 19.6 Å². The second-order valence-corrected chi connectivity index (χ2v) is 9.37. The Kier molecular flexibility index (Phi) is 5.47. The summed E-state index contributed by atoms with van der Waals surface area (Å²) in [4.78, 5) is 15.8. The van der Waals surface area contributed by atoms with Gasteiger partial charge in [-0.25, -0.2) is 0 Å². The van der Waals surface area contributed by atoms with E-state index in [-0.39, 0.29) is 18.5 Å². The van der Waals surface area contributed by atoms with Gasteiger partial charge in [0.15, 0.2) is 0 Å². The lowest BCUT2D eigenvalue weighted by Gasteiger charge is -2.51. The van der Waals surface area contributed by atoms with Gasteiger partial charge in [0.1, 0.15) is 6.54 Å². The van der Waals surface area contributed by atoms with Crippen LogP contribution in [-0.2, 0) is 10.2 Å². The Morgan fingerprint density at radius 3 is 2.50 bits per heavy atom. The fourth-order valence-corrected chi connectivity index (χ4v) is 6.09. The third kappa shape index (κ3) is 3.14. The highest BCUT2D eigenvalue weighted by Crippen LogP contribution is 2.51. The molecule has 1 atom stereocenters. The van der Waals surface area contributed by atoms with E-state index in [1.165, 1.54) is 24.0 Å². The topological polar surface area (TPSA) is 56.1 Å². The average Bonchev–Trinajstić information content (AvgIpc) is 2.73. The molecule has 3 aliphatic rings. The Morgan fingerprint density at radius 2 is 1.86 bits per heavy atom. The van der Waals surface area contributed by atoms with Gasteiger partial charge in [0, 0.05) is 0 Å². The Hall–Kier alpha value is -1.86. The minimum Gasteiger partial charge on any atom is -0.321 e. The van der Waals surface area contributed by atoms with Gasteiger partial charge in [-0.15, -0.1) is 0 Å². The first-order valence-corrected chi connectivity index (χ1v) is 11.1. The van der Waals surface area contributed by atoms with Crippen LogP contribution in [0.15, 0.2) is 24.3 Å². The Balaban J connectivity index is 1.73. The number of nitriles is 1. The molecule has 0 bridgehead atoms. The van der Waals surface area contributed by atoms with Gasteiger partial charge in [-0.05, 0) is 80.5 Å². The molecule has 1 amide bonds. The van der Waals surface area contributed by atoms with Gasteiger partial charge >= 0.3 is 0 Å². The summed E-state index contributed by atoms with van der Waals surface area (Å²) < 4.78 is 0. The molecule has 2 heterocycles. The maximum atomic E-state index is 13.8. The van der Waals surface area contributed by atoms with E-state index in [1.54, 1.807) is 0 Å². The number of amides is 1. The predicted octanol–water partition coefficient (Wildman–Crippen LogP) is 4.18. The molecule has 150 valence electrons. The minimum absolute atomic E-state index is 0.0666. The van der Waals surface area contributed by atoms with Crippen molar-refractivity contribution < 1.29 is 4.79 Å². The first kappa shape index (κ1) is 19.5. The third-order valence-corrected chi connectivity index (χ3v) is 7.71. The zero-order valence-corrected chi connectivity index (χ0v) is 17.3. The first-order chi connectivity index (χ1) is 13.6. The molecule has 1 N–H and O–H groups in total. The molecule has 4 heteroatoms. The molecular weight excluding hydrogens is 346 g/mol. The van der Waals surface area contributed by atoms with Crippen LogP contribution in [0.25, 0.3) is 0 Å². The summed E-state index contributed by atoms with van der Waals surface area (Å²) in [6, 6.07) is 11.0. The fraction of sp³-hybridized carbons (Fsp3) is 0.667. The summed E-state index contributed by atoms with van der Waals surface area (Å²) >= 11 is 0. The molecule has 4 rings (SSSR count). The van der Waals surface area contributed by atoms with Gasteiger partial charge < -0.3 is 10.2 Å². The van der Waals surface area contributed by atoms with Crippen LogP contribution in [0.1, 0.15) is 69.5 Å². The molecule has 2 aliphatic heterocycles. The number of fused-ring (bicyclic) bond motifs is 2. The lowest BCUT2D eigenvalue weighted by atomic mass is 9.64. The van der Waals surface area contributed by atoms with Crippen molar-refractivity contribution >= 4 is 5.91 Å². The SMILES string of the molecule is CC(C)[C@H]1CC[C@@H](C2c3ccccc3C3(CCNCC3)C(=O)N2CC#N)CC1. The molecule has 1 unspecified atom stereocenters. The smallest absolute Gasteiger partial charge is 0.234 e. The molecule has 1 aliphatic carbocycles. The van der Waals surface area contributed by atoms with E-state index in [1.807, 2.05) is 4.90 Å². The van der Waals surface area contributed by atoms with Gasteiger partial charge in [0.05, 0.1) is 17.5 Å². The van der Waals surface area contributed by atoms with Crippen molar-refractivity contribution in [3.8, 4) is 6.07 Å². The van der Waals surface area contributed by atoms with Crippen molar-refractivity contribution in [2.24, 2.45) is 17.8 Å². The average molecular weight is 380 g/mol. The monoisotopic (exact) mass is 379 g/mol. The maximum Gasteiger partial charge on any atom is 0.234 e. The number of nitrogens with one attached hydrogen (secondary N) is 1. The van der Waals surface area contributed by atoms with Gasteiger partial charge in [-0.3, -0.25) is 4.79 Å². The number of hydrogen-bond acceptors (Lipinski definition) is 3. The predicted molar refractivity (Wildman–Crippen MR) is 111 cm³/mol. The minimum atomic E-state index is -0.440. The van der Waals surface area contributed by atoms with Crippen molar-refractivity contribution in [3.63, 3.8) is 0 Å². The van der Waals surface area contributed by atoms with E-state index in [4.69, 9.17) is 0 Å². The van der Waals surface area contributed by atoms with Crippen molar-refractivity contribution in [2.45, 2.75) is 63.8 Å². The standard InChI is InChI=1S/C24H33N3O/c1-17(2)18-7-9-19(10-8-18)22-20-5-3-4-6-21(20)24(11-14-26-15-12-24)23(28)27(22)16-13-25/h3-6,17-19,22,26H,7-12,14-16H2,1-2H3/t18-,19+,22?. The van der Waals surface area contributed by atoms with Crippen LogP contribution in [0, 0.1) is 29.1 Å². The number of carbonyl (C=O) groups excluding carboxylic acids is 1. The molecule has 2 fully saturated rings. The number of benzene rings is 1. The maximum absolute atomic E-state index is 13.8. The van der Waals surface area contributed by atoms with Crippen LogP contribution < -0.4 is 5.32 Å². The molecule has 1 saturated carbocycles. The molecule has 0 radical (unpaired) electrons. The largest absolute Gasteiger partial charge is 0.321 e. The van der Waals surface area contributed by atoms with E-state index >= 15 is 0 Å². The second kappa shape index (κ2) is 7.87. The summed E-state index contributed by atoms with van der Waals surface area (Å²) in [5.74, 6) is 2.19. The number of nitrogens with zero attached hydrogens (tertiary/aromatic N) is 2. The van der Waals surface area contributed by atoms with Crippen LogP contribution in [0.2, 0.25) is 0 Å². The second-order valence-electron chi connectivity index (χ2n) is 9.37. The summed E-state index contributed by atoms with van der Waals surface area (Å²) in [6.07, 6.45) is 6.46. The van der Waals surface area contributed by atoms with Gasteiger partial charge in [-0.1, -0.05) is 38.1 Å². The van der Waals surface area contributed by atoms with E-state index in [0.717, 1.165) is 50.6 Å². The number of rotatable bonds is 3. The quantitative estimate of drug-likeness (QED) is 0.802. The number of piperidine rings is 1. The molecule has 4 nitrogen and oxygen atoms in total. The Bertz CT molecular complexity index is 751. The molecule has 28 heavy (non-hydrogen) atoms. The van der Waals surface area contributed by atoms with E-state index in [9.17, 15) is 10.1 Å². The lowest BCUT2D eigenvalue weighted by molar-refractivity contribution is -0.144. The van der Waals surface area contributed by atoms with E-state index in [2.05, 4.69) is 49.5 Å². The summed E-state index contributed by atoms with van der Waals surface area (Å²) in [5, 5.41) is 13.0. The number of carbonyl (C=O) groups is 1. The first-order valence-electron chi connectivity index (χ1n) is 11.1. The van der Waals surface area contributed by atoms with Gasteiger partial charge in [0.25, 0.3) is 0 Å². The molecule has 1 aromatic carbocycles. The number of hydrogen-bond donors (Lipinski definition) is 1. The van der Waals surface area contributed by atoms with Crippen LogP contribution in [0.5, 0.6) is 0 Å². The van der Waals surface area contributed by atoms with Crippen molar-refractivity contribution in [3.05, 3.63) is 35.4 Å². The summed E-state index contributed by atoms with van der Waals surface area (Å²) in [7, 11) is 0. The molecule has 1 saturated heterocycles. The summed E-state index contributed by atoms with van der Waals surface area (Å²) in [5.41, 5.74) is 2.11. The van der Waals surface area contributed by atoms with Crippen LogP contribution in [-0.4, -0.2) is 30.4 Å². The lowest BCUT2D eigenvalue weighted by Crippen LogP contribution is -2.58. The summed E-state index contributed by atoms with van der Waals surface area (Å²) in [6.45, 7) is 6.59. The molecule has 0 aromatic heterocycles. The molecule has 1 aromatic rings. The Labute approximate surface area is 169 Å².